The average molecular weight is 322 g/mol. The Kier molecular flexibility index (Phi) is 5.03. The molecule has 1 aromatic carbocycles. The summed E-state index contributed by atoms with van der Waals surface area (Å²) >= 11 is 2.79. The number of hydrogen-bond donors (Lipinski definition) is 0. The van der Waals surface area contributed by atoms with Crippen LogP contribution in [0.25, 0.3) is 10.4 Å². The highest BCUT2D eigenvalue weighted by Gasteiger charge is 2.29. The molecule has 0 spiro atoms. The Bertz CT molecular complexity index is 662. The molecule has 0 aliphatic rings. The van der Waals surface area contributed by atoms with Crippen LogP contribution < -0.4 is 0 Å². The van der Waals surface area contributed by atoms with Crippen molar-refractivity contribution in [2.24, 2.45) is 0 Å². The van der Waals surface area contributed by atoms with Crippen LogP contribution in [-0.2, 0) is 9.47 Å². The summed E-state index contributed by atoms with van der Waals surface area (Å²) < 4.78 is 10.4. The van der Waals surface area contributed by atoms with Crippen LogP contribution >= 0.6 is 23.1 Å². The molecule has 110 valence electrons. The van der Waals surface area contributed by atoms with E-state index in [2.05, 4.69) is 0 Å². The zero-order valence-electron chi connectivity index (χ0n) is 11.8. The van der Waals surface area contributed by atoms with Gasteiger partial charge in [0.1, 0.15) is 0 Å². The van der Waals surface area contributed by atoms with Crippen molar-refractivity contribution < 1.29 is 19.1 Å². The fraction of sp³-hybridized carbons (Fsp3) is 0.200. The average Bonchev–Trinajstić information content (AvgIpc) is 2.93. The lowest BCUT2D eigenvalue weighted by atomic mass is 10.1. The van der Waals surface area contributed by atoms with E-state index in [0.29, 0.717) is 4.88 Å². The van der Waals surface area contributed by atoms with Gasteiger partial charge in [-0.25, -0.2) is 9.59 Å². The molecule has 0 atom stereocenters. The number of thioether (sulfide) groups is 1. The fourth-order valence-corrected chi connectivity index (χ4v) is 3.92. The first-order valence-electron chi connectivity index (χ1n) is 6.06. The van der Waals surface area contributed by atoms with Crippen LogP contribution in [0.15, 0.2) is 34.5 Å². The zero-order valence-corrected chi connectivity index (χ0v) is 13.5. The van der Waals surface area contributed by atoms with E-state index in [9.17, 15) is 9.59 Å². The lowest BCUT2D eigenvalue weighted by Gasteiger charge is -2.05. The summed E-state index contributed by atoms with van der Waals surface area (Å²) in [6, 6.07) is 9.44. The highest BCUT2D eigenvalue weighted by atomic mass is 32.2. The molecule has 0 aliphatic heterocycles. The van der Waals surface area contributed by atoms with Crippen LogP contribution in [-0.4, -0.2) is 32.4 Å². The molecule has 21 heavy (non-hydrogen) atoms. The standard InChI is InChI=1S/C15H14O4S2/c1-18-13(16)10-11(14(17)19-2)15(20-3)21-12(10)9-7-5-4-6-8-9/h4-8H,1-3H3. The first-order valence-corrected chi connectivity index (χ1v) is 8.11. The van der Waals surface area contributed by atoms with Crippen molar-refractivity contribution in [3.8, 4) is 10.4 Å². The Balaban J connectivity index is 2.73. The lowest BCUT2D eigenvalue weighted by Crippen LogP contribution is -2.11. The molecule has 0 unspecified atom stereocenters. The molecule has 0 aliphatic carbocycles. The third kappa shape index (κ3) is 2.96. The van der Waals surface area contributed by atoms with Gasteiger partial charge in [0.2, 0.25) is 0 Å². The maximum Gasteiger partial charge on any atom is 0.340 e. The van der Waals surface area contributed by atoms with E-state index >= 15 is 0 Å². The van der Waals surface area contributed by atoms with Crippen molar-refractivity contribution in [2.45, 2.75) is 4.21 Å². The number of benzene rings is 1. The lowest BCUT2D eigenvalue weighted by molar-refractivity contribution is 0.0554. The Morgan fingerprint density at radius 2 is 1.57 bits per heavy atom. The number of thiophene rings is 1. The minimum atomic E-state index is -0.536. The number of rotatable bonds is 4. The molecule has 2 aromatic rings. The predicted octanol–water partition coefficient (Wildman–Crippen LogP) is 3.71. The van der Waals surface area contributed by atoms with Crippen molar-refractivity contribution in [2.75, 3.05) is 20.5 Å². The number of carbonyl (C=O) groups is 2. The number of carbonyl (C=O) groups excluding carboxylic acids is 2. The molecule has 2 rings (SSSR count). The molecule has 0 radical (unpaired) electrons. The molecule has 0 N–H and O–H groups in total. The van der Waals surface area contributed by atoms with Crippen molar-refractivity contribution in [3.63, 3.8) is 0 Å². The SMILES string of the molecule is COC(=O)c1c(SC)sc(-c2ccccc2)c1C(=O)OC. The highest BCUT2D eigenvalue weighted by Crippen LogP contribution is 2.41. The molecule has 1 heterocycles. The summed E-state index contributed by atoms with van der Waals surface area (Å²) in [7, 11) is 2.60. The smallest absolute Gasteiger partial charge is 0.340 e. The van der Waals surface area contributed by atoms with Gasteiger partial charge in [-0.05, 0) is 11.8 Å². The third-order valence-electron chi connectivity index (χ3n) is 2.88. The quantitative estimate of drug-likeness (QED) is 0.634. The molecule has 0 saturated carbocycles. The van der Waals surface area contributed by atoms with Gasteiger partial charge in [-0.2, -0.15) is 0 Å². The molecule has 0 bridgehead atoms. The van der Waals surface area contributed by atoms with E-state index in [1.807, 2.05) is 36.6 Å². The molecule has 0 saturated heterocycles. The van der Waals surface area contributed by atoms with Crippen molar-refractivity contribution >= 4 is 35.0 Å². The fourth-order valence-electron chi connectivity index (χ4n) is 1.93. The largest absolute Gasteiger partial charge is 0.465 e. The van der Waals surface area contributed by atoms with E-state index in [1.54, 1.807) is 0 Å². The molecule has 4 nitrogen and oxygen atoms in total. The second-order valence-electron chi connectivity index (χ2n) is 4.02. The van der Waals surface area contributed by atoms with Gasteiger partial charge < -0.3 is 9.47 Å². The molecule has 0 fully saturated rings. The van der Waals surface area contributed by atoms with Gasteiger partial charge in [-0.3, -0.25) is 0 Å². The van der Waals surface area contributed by atoms with E-state index < -0.39 is 11.9 Å². The number of methoxy groups -OCH3 is 2. The van der Waals surface area contributed by atoms with Gasteiger partial charge in [0.15, 0.2) is 0 Å². The summed E-state index contributed by atoms with van der Waals surface area (Å²) in [4.78, 5) is 24.9. The summed E-state index contributed by atoms with van der Waals surface area (Å²) in [5, 5.41) is 0. The van der Waals surface area contributed by atoms with Crippen molar-refractivity contribution in [3.05, 3.63) is 41.5 Å². The van der Waals surface area contributed by atoms with Crippen LogP contribution in [0.4, 0.5) is 0 Å². The Hall–Kier alpha value is -1.79. The third-order valence-corrected chi connectivity index (χ3v) is 5.23. The predicted molar refractivity (Wildman–Crippen MR) is 84.2 cm³/mol. The van der Waals surface area contributed by atoms with Crippen LogP contribution in [0.5, 0.6) is 0 Å². The van der Waals surface area contributed by atoms with Gasteiger partial charge in [-0.1, -0.05) is 30.3 Å². The number of hydrogen-bond acceptors (Lipinski definition) is 6. The van der Waals surface area contributed by atoms with E-state index in [0.717, 1.165) is 9.77 Å². The van der Waals surface area contributed by atoms with Gasteiger partial charge in [0, 0.05) is 0 Å². The molecule has 1 aromatic heterocycles. The summed E-state index contributed by atoms with van der Waals surface area (Å²) in [6.45, 7) is 0. The monoisotopic (exact) mass is 322 g/mol. The molecular weight excluding hydrogens is 308 g/mol. The van der Waals surface area contributed by atoms with Gasteiger partial charge in [-0.15, -0.1) is 23.1 Å². The van der Waals surface area contributed by atoms with E-state index in [1.165, 1.54) is 37.3 Å². The van der Waals surface area contributed by atoms with Crippen LogP contribution in [0.1, 0.15) is 20.7 Å². The minimum Gasteiger partial charge on any atom is -0.465 e. The molecular formula is C15H14O4S2. The maximum absolute atomic E-state index is 12.1. The van der Waals surface area contributed by atoms with Gasteiger partial charge in [0.25, 0.3) is 0 Å². The number of esters is 2. The first-order chi connectivity index (χ1) is 10.1. The topological polar surface area (TPSA) is 52.6 Å². The second-order valence-corrected chi connectivity index (χ2v) is 6.12. The Labute approximate surface area is 131 Å². The van der Waals surface area contributed by atoms with E-state index in [-0.39, 0.29) is 11.1 Å². The van der Waals surface area contributed by atoms with Crippen LogP contribution in [0.2, 0.25) is 0 Å². The van der Waals surface area contributed by atoms with Crippen LogP contribution in [0, 0.1) is 0 Å². The Morgan fingerprint density at radius 3 is 2.10 bits per heavy atom. The zero-order chi connectivity index (χ0) is 15.4. The highest BCUT2D eigenvalue weighted by molar-refractivity contribution is 8.00. The normalized spacial score (nSPS) is 10.2. The van der Waals surface area contributed by atoms with E-state index in [4.69, 9.17) is 9.47 Å². The molecule has 0 amide bonds. The maximum atomic E-state index is 12.1. The number of ether oxygens (including phenoxy) is 2. The van der Waals surface area contributed by atoms with Crippen LogP contribution in [0.3, 0.4) is 0 Å². The first kappa shape index (κ1) is 15.6. The van der Waals surface area contributed by atoms with Crippen molar-refractivity contribution in [1.29, 1.82) is 0 Å². The minimum absolute atomic E-state index is 0.268. The molecule has 6 heteroatoms. The van der Waals surface area contributed by atoms with Crippen molar-refractivity contribution in [1.82, 2.24) is 0 Å². The van der Waals surface area contributed by atoms with Gasteiger partial charge >= 0.3 is 11.9 Å². The summed E-state index contributed by atoms with van der Waals surface area (Å²) in [5.41, 5.74) is 1.42. The van der Waals surface area contributed by atoms with Gasteiger partial charge in [0.05, 0.1) is 34.4 Å². The summed E-state index contributed by atoms with van der Waals surface area (Å²) in [6.07, 6.45) is 1.86. The summed E-state index contributed by atoms with van der Waals surface area (Å²) in [5.74, 6) is -1.07. The Morgan fingerprint density at radius 1 is 1.00 bits per heavy atom. The second kappa shape index (κ2) is 6.78.